The number of amides is 1. The molecule has 20 heavy (non-hydrogen) atoms. The van der Waals surface area contributed by atoms with Crippen molar-refractivity contribution < 1.29 is 13.2 Å². The van der Waals surface area contributed by atoms with Crippen LogP contribution in [0.2, 0.25) is 0 Å². The lowest BCUT2D eigenvalue weighted by atomic mass is 9.89. The molecule has 0 aromatic heterocycles. The zero-order chi connectivity index (χ0) is 15.0. The largest absolute Gasteiger partial charge is 0.274 e. The molecular weight excluding hydrogens is 274 g/mol. The molecule has 1 aliphatic rings. The first-order chi connectivity index (χ1) is 9.22. The van der Waals surface area contributed by atoms with E-state index in [9.17, 15) is 13.2 Å². The molecule has 0 atom stereocenters. The topological polar surface area (TPSA) is 54.5 Å². The van der Waals surface area contributed by atoms with Crippen LogP contribution in [0.4, 0.5) is 0 Å². The van der Waals surface area contributed by atoms with Gasteiger partial charge in [0.2, 0.25) is 5.91 Å². The fourth-order valence-corrected chi connectivity index (χ4v) is 3.53. The lowest BCUT2D eigenvalue weighted by Gasteiger charge is -2.22. The summed E-state index contributed by atoms with van der Waals surface area (Å²) < 4.78 is 26.0. The van der Waals surface area contributed by atoms with Crippen molar-refractivity contribution in [1.29, 1.82) is 0 Å². The van der Waals surface area contributed by atoms with Crippen LogP contribution >= 0.6 is 0 Å². The third-order valence-electron chi connectivity index (χ3n) is 3.33. The highest BCUT2D eigenvalue weighted by molar-refractivity contribution is 7.89. The minimum Gasteiger partial charge on any atom is -0.274 e. The maximum atomic E-state index is 12.5. The molecule has 1 aromatic carbocycles. The van der Waals surface area contributed by atoms with Gasteiger partial charge in [-0.3, -0.25) is 4.79 Å². The molecule has 108 valence electrons. The quantitative estimate of drug-likeness (QED) is 0.787. The van der Waals surface area contributed by atoms with Gasteiger partial charge in [-0.25, -0.2) is 12.7 Å². The average molecular weight is 293 g/mol. The fourth-order valence-electron chi connectivity index (χ4n) is 2.18. The monoisotopic (exact) mass is 293 g/mol. The lowest BCUT2D eigenvalue weighted by Crippen LogP contribution is -2.37. The van der Waals surface area contributed by atoms with Crippen LogP contribution in [0.25, 0.3) is 0 Å². The van der Waals surface area contributed by atoms with Gasteiger partial charge >= 0.3 is 0 Å². The molecule has 0 saturated heterocycles. The van der Waals surface area contributed by atoms with E-state index < -0.39 is 10.0 Å². The van der Waals surface area contributed by atoms with Crippen molar-refractivity contribution in [2.75, 3.05) is 6.54 Å². The van der Waals surface area contributed by atoms with E-state index in [1.165, 1.54) is 12.1 Å². The summed E-state index contributed by atoms with van der Waals surface area (Å²) in [6.07, 6.45) is 3.83. The highest BCUT2D eigenvalue weighted by Crippen LogP contribution is 2.28. The molecule has 4 nitrogen and oxygen atoms in total. The highest BCUT2D eigenvalue weighted by atomic mass is 32.2. The molecule has 0 N–H and O–H groups in total. The normalized spacial score (nSPS) is 18.9. The Morgan fingerprint density at radius 3 is 2.35 bits per heavy atom. The smallest absolute Gasteiger partial charge is 0.266 e. The molecular formula is C15H19NO3S. The van der Waals surface area contributed by atoms with Crippen molar-refractivity contribution in [3.63, 3.8) is 0 Å². The Bertz CT molecular complexity index is 642. The van der Waals surface area contributed by atoms with Crippen molar-refractivity contribution in [3.8, 4) is 0 Å². The zero-order valence-corrected chi connectivity index (χ0v) is 12.8. The summed E-state index contributed by atoms with van der Waals surface area (Å²) in [6, 6.07) is 6.54. The molecule has 2 rings (SSSR count). The Morgan fingerprint density at radius 1 is 1.15 bits per heavy atom. The molecule has 5 heteroatoms. The Morgan fingerprint density at radius 2 is 1.75 bits per heavy atom. The second-order valence-electron chi connectivity index (χ2n) is 5.81. The minimum atomic E-state index is -3.77. The Kier molecular flexibility index (Phi) is 3.73. The van der Waals surface area contributed by atoms with E-state index in [0.29, 0.717) is 0 Å². The second kappa shape index (κ2) is 5.05. The third-order valence-corrected chi connectivity index (χ3v) is 5.14. The first kappa shape index (κ1) is 14.8. The Labute approximate surface area is 120 Å². The molecule has 0 spiro atoms. The van der Waals surface area contributed by atoms with Crippen LogP contribution in [0.1, 0.15) is 25.8 Å². The maximum absolute atomic E-state index is 12.5. The molecule has 1 heterocycles. The zero-order valence-electron chi connectivity index (χ0n) is 12.0. The van der Waals surface area contributed by atoms with E-state index in [0.717, 1.165) is 9.87 Å². The van der Waals surface area contributed by atoms with Crippen LogP contribution < -0.4 is 0 Å². The molecule has 0 radical (unpaired) electrons. The number of benzene rings is 1. The Hall–Kier alpha value is -1.62. The molecule has 0 fully saturated rings. The van der Waals surface area contributed by atoms with E-state index in [2.05, 4.69) is 0 Å². The van der Waals surface area contributed by atoms with Gasteiger partial charge in [-0.2, -0.15) is 0 Å². The molecule has 1 amide bonds. The number of rotatable bonds is 2. The van der Waals surface area contributed by atoms with Crippen LogP contribution in [0.3, 0.4) is 0 Å². The van der Waals surface area contributed by atoms with Crippen molar-refractivity contribution in [3.05, 3.63) is 42.0 Å². The number of nitrogens with zero attached hydrogens (tertiary/aromatic N) is 1. The number of allylic oxidation sites excluding steroid dienone is 1. The molecule has 1 aromatic rings. The number of carbonyl (C=O) groups is 1. The van der Waals surface area contributed by atoms with Crippen molar-refractivity contribution in [2.45, 2.75) is 32.1 Å². The molecule has 0 unspecified atom stereocenters. The van der Waals surface area contributed by atoms with Gasteiger partial charge in [0.25, 0.3) is 10.0 Å². The molecule has 0 aliphatic carbocycles. The summed E-state index contributed by atoms with van der Waals surface area (Å²) >= 11 is 0. The summed E-state index contributed by atoms with van der Waals surface area (Å²) in [5, 5.41) is 0. The van der Waals surface area contributed by atoms with Crippen LogP contribution in [0.15, 0.2) is 41.3 Å². The molecule has 0 bridgehead atoms. The van der Waals surface area contributed by atoms with Crippen molar-refractivity contribution in [1.82, 2.24) is 4.31 Å². The van der Waals surface area contributed by atoms with Gasteiger partial charge in [0.15, 0.2) is 0 Å². The summed E-state index contributed by atoms with van der Waals surface area (Å²) in [5.41, 5.74) is 0.668. The van der Waals surface area contributed by atoms with Crippen LogP contribution in [0.5, 0.6) is 0 Å². The number of carbonyl (C=O) groups excluding carboxylic acids is 1. The number of sulfonamides is 1. The molecule has 1 aliphatic heterocycles. The number of hydrogen-bond acceptors (Lipinski definition) is 3. The standard InChI is InChI=1S/C15H19NO3S/c1-12-5-7-13(8-6-12)20(18,19)16-10-4-9-15(2,3)11-14(16)17/h4-9H,10-11H2,1-3H3. The molecule has 0 saturated carbocycles. The minimum absolute atomic E-state index is 0.0957. The van der Waals surface area contributed by atoms with E-state index in [4.69, 9.17) is 0 Å². The van der Waals surface area contributed by atoms with Gasteiger partial charge in [0.1, 0.15) is 0 Å². The summed E-state index contributed by atoms with van der Waals surface area (Å²) in [5.74, 6) is -0.361. The van der Waals surface area contributed by atoms with Gasteiger partial charge in [0.05, 0.1) is 11.4 Å². The van der Waals surface area contributed by atoms with E-state index in [1.807, 2.05) is 26.8 Å². The SMILES string of the molecule is Cc1ccc(S(=O)(=O)N2CC=CC(C)(C)CC2=O)cc1. The van der Waals surface area contributed by atoms with E-state index in [-0.39, 0.29) is 29.2 Å². The first-order valence-electron chi connectivity index (χ1n) is 6.52. The fraction of sp³-hybridized carbons (Fsp3) is 0.400. The van der Waals surface area contributed by atoms with Gasteiger partial charge in [-0.15, -0.1) is 0 Å². The van der Waals surface area contributed by atoms with Gasteiger partial charge in [-0.05, 0) is 24.5 Å². The summed E-state index contributed by atoms with van der Waals surface area (Å²) in [4.78, 5) is 12.4. The van der Waals surface area contributed by atoms with Crippen LogP contribution in [-0.4, -0.2) is 25.2 Å². The first-order valence-corrected chi connectivity index (χ1v) is 7.96. The van der Waals surface area contributed by atoms with Gasteiger partial charge in [-0.1, -0.05) is 43.7 Å². The van der Waals surface area contributed by atoms with Crippen LogP contribution in [0, 0.1) is 12.3 Å². The number of hydrogen-bond donors (Lipinski definition) is 0. The Balaban J connectivity index is 2.37. The van der Waals surface area contributed by atoms with E-state index >= 15 is 0 Å². The van der Waals surface area contributed by atoms with E-state index in [1.54, 1.807) is 18.2 Å². The van der Waals surface area contributed by atoms with Gasteiger partial charge in [0, 0.05) is 6.42 Å². The van der Waals surface area contributed by atoms with Crippen molar-refractivity contribution >= 4 is 15.9 Å². The predicted molar refractivity (Wildman–Crippen MR) is 77.6 cm³/mol. The number of aryl methyl sites for hydroxylation is 1. The summed E-state index contributed by atoms with van der Waals surface area (Å²) in [6.45, 7) is 5.82. The van der Waals surface area contributed by atoms with Crippen LogP contribution in [-0.2, 0) is 14.8 Å². The second-order valence-corrected chi connectivity index (χ2v) is 7.67. The highest BCUT2D eigenvalue weighted by Gasteiger charge is 2.33. The lowest BCUT2D eigenvalue weighted by molar-refractivity contribution is -0.127. The third kappa shape index (κ3) is 2.93. The average Bonchev–Trinajstić information content (AvgIpc) is 2.47. The summed E-state index contributed by atoms with van der Waals surface area (Å²) in [7, 11) is -3.77. The predicted octanol–water partition coefficient (Wildman–Crippen LogP) is 2.50. The van der Waals surface area contributed by atoms with Gasteiger partial charge < -0.3 is 0 Å². The van der Waals surface area contributed by atoms with Crippen molar-refractivity contribution in [2.24, 2.45) is 5.41 Å². The maximum Gasteiger partial charge on any atom is 0.266 e.